The monoisotopic (exact) mass is 203 g/mol. The lowest BCUT2D eigenvalue weighted by atomic mass is 9.80. The molecular weight excluding hydrogens is 182 g/mol. The van der Waals surface area contributed by atoms with Crippen molar-refractivity contribution in [3.63, 3.8) is 0 Å². The Labute approximate surface area is 85.4 Å². The molecule has 0 radical (unpaired) electrons. The highest BCUT2D eigenvalue weighted by Gasteiger charge is 2.34. The van der Waals surface area contributed by atoms with Crippen molar-refractivity contribution in [3.05, 3.63) is 0 Å². The summed E-state index contributed by atoms with van der Waals surface area (Å²) < 4.78 is 4.91. The molecule has 4 heteroatoms. The van der Waals surface area contributed by atoms with E-state index in [0.29, 0.717) is 19.4 Å². The number of rotatable bonds is 8. The molecule has 0 aromatic carbocycles. The highest BCUT2D eigenvalue weighted by molar-refractivity contribution is 5.74. The maximum atomic E-state index is 11.0. The molecule has 0 saturated heterocycles. The van der Waals surface area contributed by atoms with Gasteiger partial charge < -0.3 is 15.6 Å². The Hall–Kier alpha value is -0.610. The van der Waals surface area contributed by atoms with Gasteiger partial charge in [0, 0.05) is 20.3 Å². The molecule has 0 fully saturated rings. The predicted octanol–water partition coefficient (Wildman–Crippen LogP) is 1.24. The van der Waals surface area contributed by atoms with Gasteiger partial charge in [0.2, 0.25) is 0 Å². The van der Waals surface area contributed by atoms with E-state index in [4.69, 9.17) is 15.6 Å². The molecule has 0 aromatic rings. The maximum absolute atomic E-state index is 11.0. The van der Waals surface area contributed by atoms with E-state index in [-0.39, 0.29) is 6.54 Å². The molecule has 0 amide bonds. The Morgan fingerprint density at radius 1 is 1.50 bits per heavy atom. The molecule has 0 saturated carbocycles. The van der Waals surface area contributed by atoms with Crippen LogP contribution in [0.3, 0.4) is 0 Å². The van der Waals surface area contributed by atoms with Crippen LogP contribution in [0.4, 0.5) is 0 Å². The number of hydrogen-bond donors (Lipinski definition) is 2. The van der Waals surface area contributed by atoms with E-state index in [9.17, 15) is 4.79 Å². The molecular formula is C10H21NO3. The first-order chi connectivity index (χ1) is 6.63. The van der Waals surface area contributed by atoms with Crippen LogP contribution in [0.1, 0.15) is 32.6 Å². The van der Waals surface area contributed by atoms with Crippen LogP contribution in [0.25, 0.3) is 0 Å². The first-order valence-corrected chi connectivity index (χ1v) is 5.05. The summed E-state index contributed by atoms with van der Waals surface area (Å²) in [5.41, 5.74) is 4.79. The zero-order chi connectivity index (χ0) is 11.0. The minimum Gasteiger partial charge on any atom is -0.481 e. The van der Waals surface area contributed by atoms with Crippen LogP contribution in [-0.4, -0.2) is 31.3 Å². The average molecular weight is 203 g/mol. The zero-order valence-electron chi connectivity index (χ0n) is 9.08. The molecule has 1 atom stereocenters. The largest absolute Gasteiger partial charge is 0.481 e. The van der Waals surface area contributed by atoms with Gasteiger partial charge in [-0.25, -0.2) is 0 Å². The third kappa shape index (κ3) is 3.64. The lowest BCUT2D eigenvalue weighted by Gasteiger charge is -2.26. The summed E-state index contributed by atoms with van der Waals surface area (Å²) >= 11 is 0. The first-order valence-electron chi connectivity index (χ1n) is 5.05. The van der Waals surface area contributed by atoms with Crippen LogP contribution in [0.15, 0.2) is 0 Å². The summed E-state index contributed by atoms with van der Waals surface area (Å²) in [6.07, 6.45) is 2.97. The Morgan fingerprint density at radius 2 is 2.14 bits per heavy atom. The fraction of sp³-hybridized carbons (Fsp3) is 0.900. The van der Waals surface area contributed by atoms with Crippen molar-refractivity contribution >= 4 is 5.97 Å². The summed E-state index contributed by atoms with van der Waals surface area (Å²) in [5, 5.41) is 9.07. The van der Waals surface area contributed by atoms with Crippen LogP contribution in [0, 0.1) is 5.41 Å². The summed E-state index contributed by atoms with van der Waals surface area (Å²) in [7, 11) is 1.65. The topological polar surface area (TPSA) is 72.5 Å². The Bertz CT molecular complexity index is 167. The minimum absolute atomic E-state index is 0.214. The zero-order valence-corrected chi connectivity index (χ0v) is 9.08. The van der Waals surface area contributed by atoms with Gasteiger partial charge in [-0.05, 0) is 25.7 Å². The summed E-state index contributed by atoms with van der Waals surface area (Å²) in [6, 6.07) is 0. The third-order valence-electron chi connectivity index (χ3n) is 2.77. The molecule has 0 aliphatic heterocycles. The highest BCUT2D eigenvalue weighted by atomic mass is 16.5. The second-order valence-corrected chi connectivity index (χ2v) is 3.59. The van der Waals surface area contributed by atoms with Gasteiger partial charge >= 0.3 is 5.97 Å². The maximum Gasteiger partial charge on any atom is 0.310 e. The van der Waals surface area contributed by atoms with Gasteiger partial charge in [0.05, 0.1) is 5.41 Å². The SMILES string of the molecule is CCC(CN)(CCCCOC)C(=O)O. The summed E-state index contributed by atoms with van der Waals surface area (Å²) in [5.74, 6) is -0.778. The number of aliphatic carboxylic acids is 1. The Balaban J connectivity index is 4.02. The molecule has 0 aliphatic rings. The van der Waals surface area contributed by atoms with Crippen molar-refractivity contribution in [3.8, 4) is 0 Å². The average Bonchev–Trinajstić information content (AvgIpc) is 2.18. The van der Waals surface area contributed by atoms with E-state index in [1.54, 1.807) is 7.11 Å². The molecule has 1 unspecified atom stereocenters. The van der Waals surface area contributed by atoms with Crippen LogP contribution in [0.5, 0.6) is 0 Å². The van der Waals surface area contributed by atoms with Crippen molar-refractivity contribution in [2.24, 2.45) is 11.1 Å². The fourth-order valence-corrected chi connectivity index (χ4v) is 1.48. The summed E-state index contributed by atoms with van der Waals surface area (Å²) in [4.78, 5) is 11.0. The van der Waals surface area contributed by atoms with E-state index in [2.05, 4.69) is 0 Å². The van der Waals surface area contributed by atoms with Crippen molar-refractivity contribution in [2.75, 3.05) is 20.3 Å². The second kappa shape index (κ2) is 6.79. The molecule has 0 aromatic heterocycles. The predicted molar refractivity (Wildman–Crippen MR) is 55.1 cm³/mol. The third-order valence-corrected chi connectivity index (χ3v) is 2.77. The van der Waals surface area contributed by atoms with Crippen molar-refractivity contribution < 1.29 is 14.6 Å². The molecule has 3 N–H and O–H groups in total. The number of methoxy groups -OCH3 is 1. The van der Waals surface area contributed by atoms with E-state index in [0.717, 1.165) is 12.8 Å². The standard InChI is InChI=1S/C10H21NO3/c1-3-10(8-11,9(12)13)6-4-5-7-14-2/h3-8,11H2,1-2H3,(H,12,13). The van der Waals surface area contributed by atoms with Gasteiger partial charge in [-0.3, -0.25) is 4.79 Å². The number of carboxylic acids is 1. The van der Waals surface area contributed by atoms with Gasteiger partial charge in [0.1, 0.15) is 0 Å². The smallest absolute Gasteiger partial charge is 0.310 e. The minimum atomic E-state index is -0.778. The lowest BCUT2D eigenvalue weighted by Crippen LogP contribution is -2.38. The van der Waals surface area contributed by atoms with Gasteiger partial charge in [-0.2, -0.15) is 0 Å². The molecule has 84 valence electrons. The molecule has 0 rings (SSSR count). The normalized spacial score (nSPS) is 15.1. The van der Waals surface area contributed by atoms with Gasteiger partial charge in [-0.15, -0.1) is 0 Å². The molecule has 0 bridgehead atoms. The Morgan fingerprint density at radius 3 is 2.50 bits per heavy atom. The van der Waals surface area contributed by atoms with Crippen molar-refractivity contribution in [1.82, 2.24) is 0 Å². The van der Waals surface area contributed by atoms with Gasteiger partial charge in [0.15, 0.2) is 0 Å². The molecule has 0 aliphatic carbocycles. The quantitative estimate of drug-likeness (QED) is 0.582. The van der Waals surface area contributed by atoms with E-state index >= 15 is 0 Å². The first kappa shape index (κ1) is 13.4. The number of unbranched alkanes of at least 4 members (excludes halogenated alkanes) is 1. The number of ether oxygens (including phenoxy) is 1. The lowest BCUT2D eigenvalue weighted by molar-refractivity contribution is -0.149. The van der Waals surface area contributed by atoms with E-state index in [1.807, 2.05) is 6.92 Å². The number of carbonyl (C=O) groups is 1. The van der Waals surface area contributed by atoms with E-state index < -0.39 is 11.4 Å². The van der Waals surface area contributed by atoms with E-state index in [1.165, 1.54) is 0 Å². The molecule has 4 nitrogen and oxygen atoms in total. The van der Waals surface area contributed by atoms with Crippen molar-refractivity contribution in [1.29, 1.82) is 0 Å². The fourth-order valence-electron chi connectivity index (χ4n) is 1.48. The molecule has 14 heavy (non-hydrogen) atoms. The molecule has 0 heterocycles. The van der Waals surface area contributed by atoms with Crippen molar-refractivity contribution in [2.45, 2.75) is 32.6 Å². The Kier molecular flexibility index (Phi) is 6.49. The van der Waals surface area contributed by atoms with Crippen LogP contribution >= 0.6 is 0 Å². The van der Waals surface area contributed by atoms with Crippen LogP contribution < -0.4 is 5.73 Å². The van der Waals surface area contributed by atoms with Crippen LogP contribution in [-0.2, 0) is 9.53 Å². The van der Waals surface area contributed by atoms with Gasteiger partial charge in [0.25, 0.3) is 0 Å². The van der Waals surface area contributed by atoms with Gasteiger partial charge in [-0.1, -0.05) is 6.92 Å². The number of carboxylic acid groups (broad SMARTS) is 1. The second-order valence-electron chi connectivity index (χ2n) is 3.59. The summed E-state index contributed by atoms with van der Waals surface area (Å²) in [6.45, 7) is 2.77. The number of hydrogen-bond acceptors (Lipinski definition) is 3. The number of nitrogens with two attached hydrogens (primary N) is 1. The van der Waals surface area contributed by atoms with Crippen LogP contribution in [0.2, 0.25) is 0 Å². The molecule has 0 spiro atoms. The highest BCUT2D eigenvalue weighted by Crippen LogP contribution is 2.27.